The third-order valence-electron chi connectivity index (χ3n) is 11.3. The summed E-state index contributed by atoms with van der Waals surface area (Å²) in [5.74, 6) is -9.47. The highest BCUT2D eigenvalue weighted by molar-refractivity contribution is 6.62. The van der Waals surface area contributed by atoms with Crippen molar-refractivity contribution < 1.29 is 69.7 Å². The summed E-state index contributed by atoms with van der Waals surface area (Å²) < 4.78 is 97.1. The van der Waals surface area contributed by atoms with Crippen LogP contribution in [-0.2, 0) is 35.1 Å². The van der Waals surface area contributed by atoms with Gasteiger partial charge in [-0.15, -0.1) is 0 Å². The van der Waals surface area contributed by atoms with Crippen LogP contribution in [0.2, 0.25) is 0 Å². The van der Waals surface area contributed by atoms with Crippen molar-refractivity contribution in [3.63, 3.8) is 0 Å². The molecule has 2 heterocycles. The molecule has 4 fully saturated rings. The molecule has 330 valence electrons. The van der Waals surface area contributed by atoms with E-state index in [1.165, 1.54) is 12.8 Å². The fourth-order valence-electron chi connectivity index (χ4n) is 7.35. The minimum Gasteiger partial charge on any atom is -0.466 e. The van der Waals surface area contributed by atoms with Gasteiger partial charge in [-0.2, -0.15) is 0 Å². The SMILES string of the molecule is C1CCOC1.CCOC(=O)C1CCC(F)(F)CC1.Cc1c(C(=O)N[C@H](C(=O)OCC2CCC(F)(F)CC2)C(C)C)ccc2c1B(O)OC2.OCC1CCC(F)(F)CC1. The number of alkyl halides is 6. The van der Waals surface area contributed by atoms with Crippen LogP contribution in [0.4, 0.5) is 26.3 Å². The Balaban J connectivity index is 0.000000260. The highest BCUT2D eigenvalue weighted by Gasteiger charge is 2.39. The monoisotopic (exact) mass is 837 g/mol. The number of hydrogen-bond acceptors (Lipinski definition) is 9. The Bertz CT molecular complexity index is 1430. The zero-order chi connectivity index (χ0) is 43.1. The fourth-order valence-corrected chi connectivity index (χ4v) is 7.35. The van der Waals surface area contributed by atoms with Gasteiger partial charge in [-0.3, -0.25) is 9.59 Å². The van der Waals surface area contributed by atoms with Crippen LogP contribution in [0.1, 0.15) is 132 Å². The van der Waals surface area contributed by atoms with Gasteiger partial charge in [0.05, 0.1) is 25.7 Å². The molecule has 58 heavy (non-hydrogen) atoms. The molecule has 0 bridgehead atoms. The van der Waals surface area contributed by atoms with E-state index in [0.717, 1.165) is 18.8 Å². The van der Waals surface area contributed by atoms with Crippen LogP contribution in [-0.4, -0.2) is 91.9 Å². The molecule has 1 aromatic rings. The number of rotatable bonds is 9. The highest BCUT2D eigenvalue weighted by Crippen LogP contribution is 2.38. The first kappa shape index (κ1) is 49.5. The van der Waals surface area contributed by atoms with E-state index in [-0.39, 0.29) is 101 Å². The van der Waals surface area contributed by atoms with Gasteiger partial charge in [0.2, 0.25) is 17.8 Å². The van der Waals surface area contributed by atoms with E-state index in [1.807, 2.05) is 0 Å². The molecule has 1 atom stereocenters. The maximum absolute atomic E-state index is 13.3. The van der Waals surface area contributed by atoms with Crippen molar-refractivity contribution in [2.75, 3.05) is 33.0 Å². The van der Waals surface area contributed by atoms with Gasteiger partial charge in [-0.05, 0) is 106 Å². The second kappa shape index (κ2) is 23.2. The van der Waals surface area contributed by atoms with E-state index in [2.05, 4.69) is 5.32 Å². The molecular weight excluding hydrogens is 775 g/mol. The number of esters is 2. The predicted molar refractivity (Wildman–Crippen MR) is 205 cm³/mol. The Morgan fingerprint density at radius 2 is 1.36 bits per heavy atom. The molecule has 5 aliphatic rings. The van der Waals surface area contributed by atoms with Gasteiger partial charge in [0.25, 0.3) is 5.91 Å². The summed E-state index contributed by atoms with van der Waals surface area (Å²) in [6.07, 6.45) is 3.82. The molecule has 17 heteroatoms. The average molecular weight is 838 g/mol. The minimum atomic E-state index is -2.62. The molecule has 2 aliphatic heterocycles. The summed E-state index contributed by atoms with van der Waals surface area (Å²) in [6, 6.07) is 2.52. The number of fused-ring (bicyclic) bond motifs is 1. The number of halogens is 6. The molecule has 3 aliphatic carbocycles. The molecule has 3 N–H and O–H groups in total. The maximum atomic E-state index is 13.3. The average Bonchev–Trinajstić information content (AvgIpc) is 3.88. The Morgan fingerprint density at radius 1 is 0.845 bits per heavy atom. The molecule has 10 nitrogen and oxygen atoms in total. The maximum Gasteiger partial charge on any atom is 0.492 e. The summed E-state index contributed by atoms with van der Waals surface area (Å²) in [4.78, 5) is 36.6. The number of carbonyl (C=O) groups excluding carboxylic acids is 3. The first-order valence-corrected chi connectivity index (χ1v) is 20.7. The molecule has 1 aromatic carbocycles. The Labute approximate surface area is 338 Å². The third kappa shape index (κ3) is 16.3. The quantitative estimate of drug-likeness (QED) is 0.133. The van der Waals surface area contributed by atoms with Gasteiger partial charge in [0.1, 0.15) is 6.04 Å². The molecule has 0 aromatic heterocycles. The number of amides is 1. The van der Waals surface area contributed by atoms with Gasteiger partial charge in [0.15, 0.2) is 0 Å². The van der Waals surface area contributed by atoms with E-state index in [0.29, 0.717) is 48.9 Å². The van der Waals surface area contributed by atoms with Crippen molar-refractivity contribution in [2.24, 2.45) is 23.7 Å². The second-order valence-electron chi connectivity index (χ2n) is 16.3. The van der Waals surface area contributed by atoms with Crippen LogP contribution in [0.5, 0.6) is 0 Å². The first-order valence-electron chi connectivity index (χ1n) is 20.7. The van der Waals surface area contributed by atoms with Crippen molar-refractivity contribution >= 4 is 30.4 Å². The molecule has 1 amide bonds. The van der Waals surface area contributed by atoms with Crippen LogP contribution < -0.4 is 10.8 Å². The lowest BCUT2D eigenvalue weighted by Crippen LogP contribution is -2.46. The summed E-state index contributed by atoms with van der Waals surface area (Å²) in [5, 5.41) is 21.3. The normalized spacial score (nSPS) is 21.8. The lowest BCUT2D eigenvalue weighted by atomic mass is 9.75. The summed E-state index contributed by atoms with van der Waals surface area (Å²) in [6.45, 7) is 9.79. The lowest BCUT2D eigenvalue weighted by Gasteiger charge is -2.28. The Kier molecular flexibility index (Phi) is 19.8. The van der Waals surface area contributed by atoms with Crippen LogP contribution in [0.15, 0.2) is 12.1 Å². The van der Waals surface area contributed by atoms with Crippen molar-refractivity contribution in [3.05, 3.63) is 28.8 Å². The number of benzene rings is 1. The van der Waals surface area contributed by atoms with Gasteiger partial charge < -0.3 is 34.3 Å². The summed E-state index contributed by atoms with van der Waals surface area (Å²) >= 11 is 0. The number of aliphatic hydroxyl groups excluding tert-OH is 1. The smallest absolute Gasteiger partial charge is 0.466 e. The zero-order valence-electron chi connectivity index (χ0n) is 34.3. The molecule has 3 saturated carbocycles. The van der Waals surface area contributed by atoms with E-state index >= 15 is 0 Å². The van der Waals surface area contributed by atoms with Crippen LogP contribution in [0.25, 0.3) is 0 Å². The zero-order valence-corrected chi connectivity index (χ0v) is 34.3. The molecule has 1 saturated heterocycles. The van der Waals surface area contributed by atoms with Gasteiger partial charge in [0, 0.05) is 63.9 Å². The van der Waals surface area contributed by atoms with Gasteiger partial charge in [-0.25, -0.2) is 31.1 Å². The number of nitrogens with one attached hydrogen (secondary N) is 1. The predicted octanol–water partition coefficient (Wildman–Crippen LogP) is 7.31. The number of aliphatic hydroxyl groups is 1. The number of carbonyl (C=O) groups is 3. The largest absolute Gasteiger partial charge is 0.492 e. The molecule has 0 spiro atoms. The van der Waals surface area contributed by atoms with Gasteiger partial charge >= 0.3 is 19.1 Å². The van der Waals surface area contributed by atoms with Crippen molar-refractivity contribution in [1.82, 2.24) is 5.32 Å². The second-order valence-corrected chi connectivity index (χ2v) is 16.3. The summed E-state index contributed by atoms with van der Waals surface area (Å²) in [7, 11) is -1.07. The standard InChI is InChI=1S/C21H28BF2NO5.C9H14F2O2.C7H12F2O.C4H8O/c1-12(2)18(20(27)29-10-14-6-8-21(23,24)9-7-14)25-19(26)16-5-4-15-11-30-22(28)17(15)13(16)3;1-2-13-8(12)7-3-5-9(10,11)6-4-7;8-7(9)3-1-6(5-10)2-4-7;1-2-4-5-3-1/h4-5,12,14,18,28H,6-11H2,1-3H3,(H,25,26);7H,2-6H2,1H3;6,10H,1-5H2;1-4H2/t18-;;;/m0.../s1. The topological polar surface area (TPSA) is 141 Å². The molecule has 6 rings (SSSR count). The Morgan fingerprint density at radius 3 is 1.83 bits per heavy atom. The first-order chi connectivity index (χ1) is 27.3. The van der Waals surface area contributed by atoms with Crippen molar-refractivity contribution in [1.29, 1.82) is 0 Å². The summed E-state index contributed by atoms with van der Waals surface area (Å²) in [5.41, 5.74) is 2.37. The van der Waals surface area contributed by atoms with E-state index < -0.39 is 42.8 Å². The van der Waals surface area contributed by atoms with Crippen molar-refractivity contribution in [2.45, 2.75) is 148 Å². The number of ether oxygens (including phenoxy) is 3. The molecular formula is C41H62BF6NO9. The molecule has 0 unspecified atom stereocenters. The number of hydrogen-bond donors (Lipinski definition) is 3. The van der Waals surface area contributed by atoms with E-state index in [9.17, 15) is 45.8 Å². The fraction of sp³-hybridized carbons (Fsp3) is 0.780. The van der Waals surface area contributed by atoms with E-state index in [4.69, 9.17) is 24.0 Å². The van der Waals surface area contributed by atoms with Crippen LogP contribution >= 0.6 is 0 Å². The Hall–Kier alpha value is -2.89. The van der Waals surface area contributed by atoms with Gasteiger partial charge in [-0.1, -0.05) is 19.9 Å². The van der Waals surface area contributed by atoms with E-state index in [1.54, 1.807) is 39.8 Å². The van der Waals surface area contributed by atoms with Crippen molar-refractivity contribution in [3.8, 4) is 0 Å². The van der Waals surface area contributed by atoms with Crippen LogP contribution in [0, 0.1) is 30.6 Å². The lowest BCUT2D eigenvalue weighted by molar-refractivity contribution is -0.152. The molecule has 0 radical (unpaired) electrons. The third-order valence-corrected chi connectivity index (χ3v) is 11.3. The minimum absolute atomic E-state index is 0.0434. The van der Waals surface area contributed by atoms with Crippen LogP contribution in [0.3, 0.4) is 0 Å². The highest BCUT2D eigenvalue weighted by atomic mass is 19.3.